The maximum absolute atomic E-state index is 12.3. The lowest BCUT2D eigenvalue weighted by Gasteiger charge is -2.08. The van der Waals surface area contributed by atoms with Crippen LogP contribution in [0.3, 0.4) is 0 Å². The molecule has 6 nitrogen and oxygen atoms in total. The molecule has 3 aromatic rings. The number of hydrogen-bond donors (Lipinski definition) is 2. The third-order valence-electron chi connectivity index (χ3n) is 3.55. The van der Waals surface area contributed by atoms with Gasteiger partial charge in [-0.05, 0) is 52.7 Å². The number of aromatic nitrogens is 2. The molecule has 0 unspecified atom stereocenters. The van der Waals surface area contributed by atoms with Gasteiger partial charge in [0.15, 0.2) is 4.34 Å². The predicted molar refractivity (Wildman–Crippen MR) is 118 cm³/mol. The van der Waals surface area contributed by atoms with Gasteiger partial charge in [0.25, 0.3) is 5.91 Å². The lowest BCUT2D eigenvalue weighted by Crippen LogP contribution is -2.14. The molecule has 0 saturated heterocycles. The number of benzene rings is 2. The Morgan fingerprint density at radius 2 is 1.96 bits per heavy atom. The van der Waals surface area contributed by atoms with Crippen LogP contribution in [-0.2, 0) is 4.79 Å². The van der Waals surface area contributed by atoms with E-state index in [4.69, 9.17) is 11.6 Å². The Morgan fingerprint density at radius 3 is 2.75 bits per heavy atom. The number of rotatable bonds is 6. The van der Waals surface area contributed by atoms with E-state index in [0.717, 1.165) is 5.56 Å². The molecule has 3 rings (SSSR count). The number of carbonyl (C=O) groups excluding carboxylic acids is 2. The molecular formula is C18H14BrClN4O2S2. The maximum Gasteiger partial charge on any atom is 0.258 e. The zero-order chi connectivity index (χ0) is 20.1. The molecule has 2 amide bonds. The zero-order valence-electron chi connectivity index (χ0n) is 14.5. The van der Waals surface area contributed by atoms with Crippen molar-refractivity contribution in [1.82, 2.24) is 10.2 Å². The van der Waals surface area contributed by atoms with Crippen LogP contribution in [0.25, 0.3) is 0 Å². The second kappa shape index (κ2) is 9.51. The molecule has 0 aliphatic carbocycles. The first-order valence-corrected chi connectivity index (χ1v) is 11.0. The highest BCUT2D eigenvalue weighted by atomic mass is 79.9. The first-order valence-electron chi connectivity index (χ1n) is 8.00. The van der Waals surface area contributed by atoms with Crippen LogP contribution in [0, 0.1) is 6.92 Å². The van der Waals surface area contributed by atoms with Crippen molar-refractivity contribution in [3.63, 3.8) is 0 Å². The molecule has 0 bridgehead atoms. The molecule has 0 aliphatic rings. The fourth-order valence-electron chi connectivity index (χ4n) is 2.17. The van der Waals surface area contributed by atoms with E-state index in [-0.39, 0.29) is 17.6 Å². The molecule has 0 saturated carbocycles. The zero-order valence-corrected chi connectivity index (χ0v) is 18.5. The van der Waals surface area contributed by atoms with E-state index in [9.17, 15) is 9.59 Å². The van der Waals surface area contributed by atoms with Gasteiger partial charge in [-0.15, -0.1) is 10.2 Å². The van der Waals surface area contributed by atoms with Crippen LogP contribution in [-0.4, -0.2) is 27.8 Å². The van der Waals surface area contributed by atoms with Gasteiger partial charge in [0, 0.05) is 15.2 Å². The Hall–Kier alpha value is -1.94. The van der Waals surface area contributed by atoms with Crippen molar-refractivity contribution in [2.45, 2.75) is 11.3 Å². The normalized spacial score (nSPS) is 10.5. The van der Waals surface area contributed by atoms with E-state index in [1.165, 1.54) is 23.1 Å². The summed E-state index contributed by atoms with van der Waals surface area (Å²) in [5.41, 5.74) is 2.11. The largest absolute Gasteiger partial charge is 0.325 e. The summed E-state index contributed by atoms with van der Waals surface area (Å²) in [6.07, 6.45) is 0. The smallest absolute Gasteiger partial charge is 0.258 e. The topological polar surface area (TPSA) is 84.0 Å². The van der Waals surface area contributed by atoms with Gasteiger partial charge in [0.1, 0.15) is 0 Å². The van der Waals surface area contributed by atoms with Gasteiger partial charge in [0.05, 0.1) is 11.3 Å². The van der Waals surface area contributed by atoms with E-state index in [1.807, 2.05) is 19.1 Å². The molecule has 0 spiro atoms. The van der Waals surface area contributed by atoms with Crippen LogP contribution in [0.1, 0.15) is 15.9 Å². The number of nitrogens with one attached hydrogen (secondary N) is 2. The molecule has 144 valence electrons. The van der Waals surface area contributed by atoms with Crippen molar-refractivity contribution >= 4 is 73.3 Å². The molecule has 0 fully saturated rings. The molecule has 10 heteroatoms. The number of hydrogen-bond acceptors (Lipinski definition) is 6. The van der Waals surface area contributed by atoms with Crippen LogP contribution in [0.4, 0.5) is 10.8 Å². The van der Waals surface area contributed by atoms with Crippen molar-refractivity contribution in [2.24, 2.45) is 0 Å². The molecule has 28 heavy (non-hydrogen) atoms. The molecule has 1 heterocycles. The van der Waals surface area contributed by atoms with Crippen molar-refractivity contribution in [1.29, 1.82) is 0 Å². The highest BCUT2D eigenvalue weighted by Crippen LogP contribution is 2.27. The second-order valence-corrected chi connectivity index (χ2v) is 9.09. The third kappa shape index (κ3) is 5.54. The summed E-state index contributed by atoms with van der Waals surface area (Å²) >= 11 is 11.8. The van der Waals surface area contributed by atoms with Crippen molar-refractivity contribution in [3.05, 3.63) is 63.1 Å². The summed E-state index contributed by atoms with van der Waals surface area (Å²) in [6.45, 7) is 1.89. The Bertz CT molecular complexity index is 1030. The van der Waals surface area contributed by atoms with Gasteiger partial charge in [0.2, 0.25) is 11.0 Å². The van der Waals surface area contributed by atoms with Crippen LogP contribution in [0.5, 0.6) is 0 Å². The average molecular weight is 498 g/mol. The van der Waals surface area contributed by atoms with E-state index < -0.39 is 0 Å². The number of thioether (sulfide) groups is 1. The summed E-state index contributed by atoms with van der Waals surface area (Å²) in [6, 6.07) is 12.4. The van der Waals surface area contributed by atoms with Crippen LogP contribution >= 0.6 is 50.6 Å². The second-order valence-electron chi connectivity index (χ2n) is 5.60. The van der Waals surface area contributed by atoms with Crippen LogP contribution in [0.2, 0.25) is 5.02 Å². The van der Waals surface area contributed by atoms with Gasteiger partial charge in [-0.3, -0.25) is 14.9 Å². The van der Waals surface area contributed by atoms with E-state index in [1.54, 1.807) is 30.3 Å². The summed E-state index contributed by atoms with van der Waals surface area (Å²) in [7, 11) is 0. The number of halogens is 2. The minimum absolute atomic E-state index is 0.165. The first-order chi connectivity index (χ1) is 13.4. The summed E-state index contributed by atoms with van der Waals surface area (Å²) < 4.78 is 1.28. The van der Waals surface area contributed by atoms with Gasteiger partial charge in [-0.1, -0.05) is 52.9 Å². The van der Waals surface area contributed by atoms with E-state index >= 15 is 0 Å². The number of aryl methyl sites for hydroxylation is 1. The monoisotopic (exact) mass is 496 g/mol. The highest BCUT2D eigenvalue weighted by molar-refractivity contribution is 9.10. The van der Waals surface area contributed by atoms with Gasteiger partial charge < -0.3 is 5.32 Å². The molecule has 0 radical (unpaired) electrons. The number of anilines is 2. The van der Waals surface area contributed by atoms with E-state index in [0.29, 0.717) is 30.2 Å². The fraction of sp³-hybridized carbons (Fsp3) is 0.111. The Kier molecular flexibility index (Phi) is 7.06. The minimum Gasteiger partial charge on any atom is -0.325 e. The number of amides is 2. The lowest BCUT2D eigenvalue weighted by molar-refractivity contribution is -0.113. The quantitative estimate of drug-likeness (QED) is 0.359. The summed E-state index contributed by atoms with van der Waals surface area (Å²) in [5.74, 6) is -0.294. The molecule has 2 aromatic carbocycles. The SMILES string of the molecule is Cc1ccc(Cl)cc1NC(=O)CSc1nnc(NC(=O)c2ccccc2Br)s1. The van der Waals surface area contributed by atoms with Gasteiger partial charge >= 0.3 is 0 Å². The summed E-state index contributed by atoms with van der Waals surface area (Å²) in [4.78, 5) is 24.5. The van der Waals surface area contributed by atoms with Crippen molar-refractivity contribution in [2.75, 3.05) is 16.4 Å². The van der Waals surface area contributed by atoms with Crippen molar-refractivity contribution < 1.29 is 9.59 Å². The summed E-state index contributed by atoms with van der Waals surface area (Å²) in [5, 5.41) is 14.4. The Morgan fingerprint density at radius 1 is 1.18 bits per heavy atom. The number of nitrogens with zero attached hydrogens (tertiary/aromatic N) is 2. The maximum atomic E-state index is 12.3. The number of carbonyl (C=O) groups is 2. The molecule has 0 atom stereocenters. The molecule has 2 N–H and O–H groups in total. The Balaban J connectivity index is 1.54. The standard InChI is InChI=1S/C18H14BrClN4O2S2/c1-10-6-7-11(20)8-14(10)21-15(25)9-27-18-24-23-17(28-18)22-16(26)12-4-2-3-5-13(12)19/h2-8H,9H2,1H3,(H,21,25)(H,22,23,26). The molecule has 1 aromatic heterocycles. The fourth-order valence-corrected chi connectivity index (χ4v) is 4.35. The van der Waals surface area contributed by atoms with Crippen LogP contribution in [0.15, 0.2) is 51.3 Å². The highest BCUT2D eigenvalue weighted by Gasteiger charge is 2.14. The molecular weight excluding hydrogens is 484 g/mol. The van der Waals surface area contributed by atoms with Crippen LogP contribution < -0.4 is 10.6 Å². The predicted octanol–water partition coefficient (Wildman–Crippen LogP) is 5.25. The molecule has 0 aliphatic heterocycles. The first kappa shape index (κ1) is 20.8. The van der Waals surface area contributed by atoms with Gasteiger partial charge in [-0.25, -0.2) is 0 Å². The third-order valence-corrected chi connectivity index (χ3v) is 6.44. The average Bonchev–Trinajstić information content (AvgIpc) is 3.10. The minimum atomic E-state index is -0.283. The Labute approximate surface area is 183 Å². The van der Waals surface area contributed by atoms with Gasteiger partial charge in [-0.2, -0.15) is 0 Å². The lowest BCUT2D eigenvalue weighted by atomic mass is 10.2. The van der Waals surface area contributed by atoms with E-state index in [2.05, 4.69) is 36.8 Å². The van der Waals surface area contributed by atoms with Crippen molar-refractivity contribution in [3.8, 4) is 0 Å².